The number of hydrogen-bond donors (Lipinski definition) is 3. The fourth-order valence-electron chi connectivity index (χ4n) is 3.93. The van der Waals surface area contributed by atoms with E-state index in [1.807, 2.05) is 18.2 Å². The second-order valence-electron chi connectivity index (χ2n) is 8.34. The molecule has 1 aromatic rings. The molecule has 186 valence electrons. The van der Waals surface area contributed by atoms with Crippen molar-refractivity contribution in [2.75, 3.05) is 27.3 Å². The molecule has 1 amide bonds. The van der Waals surface area contributed by atoms with Crippen LogP contribution in [0.25, 0.3) is 0 Å². The lowest BCUT2D eigenvalue weighted by atomic mass is 9.98. The maximum atomic E-state index is 13.0. The van der Waals surface area contributed by atoms with Crippen LogP contribution in [0.4, 0.5) is 0 Å². The van der Waals surface area contributed by atoms with Crippen LogP contribution in [0.3, 0.4) is 0 Å². The Morgan fingerprint density at radius 3 is 2.45 bits per heavy atom. The monoisotopic (exact) mass is 467 g/mol. The van der Waals surface area contributed by atoms with Gasteiger partial charge in [-0.2, -0.15) is 0 Å². The molecule has 0 saturated carbocycles. The minimum atomic E-state index is -1.45. The smallest absolute Gasteiger partial charge is 0.222 e. The van der Waals surface area contributed by atoms with Crippen LogP contribution >= 0.6 is 0 Å². The van der Waals surface area contributed by atoms with E-state index >= 15 is 0 Å². The van der Waals surface area contributed by atoms with Gasteiger partial charge in [-0.1, -0.05) is 30.3 Å². The summed E-state index contributed by atoms with van der Waals surface area (Å²) < 4.78 is 15.7. The van der Waals surface area contributed by atoms with Gasteiger partial charge >= 0.3 is 0 Å². The number of aliphatic hydroxyl groups excluding tert-OH is 3. The number of aliphatic hydroxyl groups is 3. The van der Waals surface area contributed by atoms with Crippen LogP contribution in [-0.4, -0.2) is 96.5 Å². The van der Waals surface area contributed by atoms with Crippen LogP contribution in [0.1, 0.15) is 37.7 Å². The van der Waals surface area contributed by atoms with Crippen molar-refractivity contribution in [2.45, 2.75) is 75.3 Å². The predicted molar refractivity (Wildman–Crippen MR) is 120 cm³/mol. The summed E-state index contributed by atoms with van der Waals surface area (Å²) in [6, 6.07) is 10.1. The van der Waals surface area contributed by atoms with Crippen LogP contribution in [0.5, 0.6) is 0 Å². The van der Waals surface area contributed by atoms with Gasteiger partial charge in [0.15, 0.2) is 6.29 Å². The first kappa shape index (κ1) is 27.4. The van der Waals surface area contributed by atoms with Crippen molar-refractivity contribution in [3.8, 4) is 0 Å². The van der Waals surface area contributed by atoms with Gasteiger partial charge in [0.25, 0.3) is 0 Å². The maximum absolute atomic E-state index is 13.0. The fourth-order valence-corrected chi connectivity index (χ4v) is 3.93. The summed E-state index contributed by atoms with van der Waals surface area (Å²) in [6.45, 7) is 0.506. The van der Waals surface area contributed by atoms with E-state index in [4.69, 9.17) is 14.2 Å². The van der Waals surface area contributed by atoms with Crippen molar-refractivity contribution in [1.29, 1.82) is 0 Å². The molecule has 1 aromatic carbocycles. The van der Waals surface area contributed by atoms with Gasteiger partial charge in [0.05, 0.1) is 0 Å². The third kappa shape index (κ3) is 8.44. The molecule has 0 spiro atoms. The summed E-state index contributed by atoms with van der Waals surface area (Å²) in [6.07, 6.45) is -2.38. The lowest BCUT2D eigenvalue weighted by Crippen LogP contribution is -2.60. The second-order valence-corrected chi connectivity index (χ2v) is 8.34. The Hall–Kier alpha value is -1.88. The number of unbranched alkanes of at least 4 members (excludes halogenated alkanes) is 1. The highest BCUT2D eigenvalue weighted by molar-refractivity contribution is 5.76. The van der Waals surface area contributed by atoms with Gasteiger partial charge in [-0.05, 0) is 37.7 Å². The van der Waals surface area contributed by atoms with Gasteiger partial charge in [0.1, 0.15) is 36.8 Å². The van der Waals surface area contributed by atoms with Crippen molar-refractivity contribution in [2.24, 2.45) is 0 Å². The molecule has 9 nitrogen and oxygen atoms in total. The molecule has 1 aliphatic heterocycles. The molecule has 1 unspecified atom stereocenters. The minimum absolute atomic E-state index is 0.0519. The van der Waals surface area contributed by atoms with Gasteiger partial charge in [0, 0.05) is 33.7 Å². The van der Waals surface area contributed by atoms with E-state index in [1.54, 1.807) is 4.90 Å². The maximum Gasteiger partial charge on any atom is 0.222 e. The predicted octanol–water partition coefficient (Wildman–Crippen LogP) is 0.676. The Morgan fingerprint density at radius 2 is 1.82 bits per heavy atom. The molecular weight excluding hydrogens is 430 g/mol. The first-order valence-corrected chi connectivity index (χ1v) is 11.4. The molecule has 6 atom stereocenters. The Bertz CT molecular complexity index is 701. The number of methoxy groups -OCH3 is 2. The van der Waals surface area contributed by atoms with E-state index in [0.29, 0.717) is 19.4 Å². The molecule has 33 heavy (non-hydrogen) atoms. The SMILES string of the molecule is COC(C=O)CCCC(=O)N(CCCCc1ccccc1)C[C@H]1O[C@H](OC)[C@H](O)[C@@H](O)[C@@H]1O. The largest absolute Gasteiger partial charge is 0.388 e. The van der Waals surface area contributed by atoms with Crippen molar-refractivity contribution in [3.63, 3.8) is 0 Å². The van der Waals surface area contributed by atoms with E-state index < -0.39 is 36.8 Å². The summed E-state index contributed by atoms with van der Waals surface area (Å²) in [5, 5.41) is 30.5. The minimum Gasteiger partial charge on any atom is -0.388 e. The van der Waals surface area contributed by atoms with Gasteiger partial charge in [-0.15, -0.1) is 0 Å². The summed E-state index contributed by atoms with van der Waals surface area (Å²) in [5.41, 5.74) is 1.22. The molecule has 0 bridgehead atoms. The van der Waals surface area contributed by atoms with Crippen LogP contribution in [-0.2, 0) is 30.2 Å². The summed E-state index contributed by atoms with van der Waals surface area (Å²) in [7, 11) is 2.79. The van der Waals surface area contributed by atoms with Crippen molar-refractivity contribution in [1.82, 2.24) is 4.90 Å². The third-order valence-corrected chi connectivity index (χ3v) is 5.97. The number of benzene rings is 1. The highest BCUT2D eigenvalue weighted by Gasteiger charge is 2.44. The number of rotatable bonds is 14. The molecular formula is C24H37NO8. The van der Waals surface area contributed by atoms with E-state index in [2.05, 4.69) is 12.1 Å². The van der Waals surface area contributed by atoms with Crippen LogP contribution in [0.15, 0.2) is 30.3 Å². The molecule has 1 fully saturated rings. The highest BCUT2D eigenvalue weighted by Crippen LogP contribution is 2.23. The zero-order chi connectivity index (χ0) is 24.2. The molecule has 1 aliphatic rings. The average Bonchev–Trinajstić information content (AvgIpc) is 2.84. The number of carbonyl (C=O) groups excluding carboxylic acids is 2. The summed E-state index contributed by atoms with van der Waals surface area (Å²) in [4.78, 5) is 25.5. The summed E-state index contributed by atoms with van der Waals surface area (Å²) in [5.74, 6) is -0.138. The molecule has 0 aromatic heterocycles. The molecule has 3 N–H and O–H groups in total. The van der Waals surface area contributed by atoms with Crippen molar-refractivity contribution in [3.05, 3.63) is 35.9 Å². The Labute approximate surface area is 195 Å². The molecule has 0 aliphatic carbocycles. The van der Waals surface area contributed by atoms with E-state index in [0.717, 1.165) is 25.5 Å². The first-order chi connectivity index (χ1) is 15.9. The molecule has 9 heteroatoms. The van der Waals surface area contributed by atoms with E-state index in [-0.39, 0.29) is 18.9 Å². The number of aldehydes is 1. The topological polar surface area (TPSA) is 126 Å². The number of nitrogens with zero attached hydrogens (tertiary/aromatic N) is 1. The van der Waals surface area contributed by atoms with Gasteiger partial charge in [0.2, 0.25) is 5.91 Å². The quantitative estimate of drug-likeness (QED) is 0.269. The molecule has 1 heterocycles. The standard InChI is InChI=1S/C24H37NO8/c1-31-18(16-26)12-8-13-20(27)25(14-7-6-11-17-9-4-3-5-10-17)15-19-21(28)22(29)23(30)24(32-2)33-19/h3-5,9-10,16,18-19,21-24,28-30H,6-8,11-15H2,1-2H3/t18?,19-,21-,22+,23-,24+/m1/s1. The lowest BCUT2D eigenvalue weighted by molar-refractivity contribution is -0.291. The normalized spacial score (nSPS) is 26.0. The first-order valence-electron chi connectivity index (χ1n) is 11.4. The number of aryl methyl sites for hydroxylation is 1. The van der Waals surface area contributed by atoms with Crippen LogP contribution < -0.4 is 0 Å². The Balaban J connectivity index is 1.97. The Morgan fingerprint density at radius 1 is 1.09 bits per heavy atom. The number of hydrogen-bond acceptors (Lipinski definition) is 8. The summed E-state index contributed by atoms with van der Waals surface area (Å²) >= 11 is 0. The van der Waals surface area contributed by atoms with Crippen LogP contribution in [0, 0.1) is 0 Å². The number of carbonyl (C=O) groups is 2. The third-order valence-electron chi connectivity index (χ3n) is 5.97. The van der Waals surface area contributed by atoms with Crippen LogP contribution in [0.2, 0.25) is 0 Å². The number of amides is 1. The van der Waals surface area contributed by atoms with Gasteiger partial charge in [-0.3, -0.25) is 4.79 Å². The average molecular weight is 468 g/mol. The fraction of sp³-hybridized carbons (Fsp3) is 0.667. The molecule has 1 saturated heterocycles. The van der Waals surface area contributed by atoms with E-state index in [1.165, 1.54) is 19.8 Å². The van der Waals surface area contributed by atoms with Gasteiger partial charge < -0.3 is 39.2 Å². The lowest BCUT2D eigenvalue weighted by Gasteiger charge is -2.41. The second kappa shape index (κ2) is 14.4. The zero-order valence-corrected chi connectivity index (χ0v) is 19.4. The van der Waals surface area contributed by atoms with Crippen molar-refractivity contribution >= 4 is 12.2 Å². The molecule has 0 radical (unpaired) electrons. The Kier molecular flexibility index (Phi) is 11.9. The highest BCUT2D eigenvalue weighted by atomic mass is 16.7. The number of ether oxygens (including phenoxy) is 3. The zero-order valence-electron chi connectivity index (χ0n) is 19.4. The van der Waals surface area contributed by atoms with Gasteiger partial charge in [-0.25, -0.2) is 0 Å². The molecule has 2 rings (SSSR count). The van der Waals surface area contributed by atoms with Crippen molar-refractivity contribution < 1.29 is 39.1 Å². The van der Waals surface area contributed by atoms with E-state index in [9.17, 15) is 24.9 Å².